The molecular weight excluding hydrogens is 1630 g/mol. The predicted octanol–water partition coefficient (Wildman–Crippen LogP) is 8.75. The summed E-state index contributed by atoms with van der Waals surface area (Å²) in [5.41, 5.74) is -5.42. The summed E-state index contributed by atoms with van der Waals surface area (Å²) < 4.78 is 140. The molecule has 5 saturated heterocycles. The van der Waals surface area contributed by atoms with E-state index in [0.29, 0.717) is 87.8 Å². The molecule has 0 amide bonds. The Morgan fingerprint density at radius 2 is 0.856 bits per heavy atom. The Morgan fingerprint density at radius 3 is 1.22 bits per heavy atom. The molecule has 0 spiro atoms. The van der Waals surface area contributed by atoms with Crippen molar-refractivity contribution in [3.63, 3.8) is 0 Å². The number of nitro groups is 2. The molecule has 118 heavy (non-hydrogen) atoms. The van der Waals surface area contributed by atoms with Crippen molar-refractivity contribution in [2.45, 2.75) is 156 Å². The number of ether oxygens (including phenoxy) is 12. The molecule has 0 radical (unpaired) electrons. The second kappa shape index (κ2) is 38.5. The van der Waals surface area contributed by atoms with Crippen LogP contribution >= 0.6 is 36.4 Å². The summed E-state index contributed by atoms with van der Waals surface area (Å²) in [7, 11) is 3.02. The topological polar surface area (TPSA) is 467 Å². The van der Waals surface area contributed by atoms with Crippen molar-refractivity contribution in [2.75, 3.05) is 47.3 Å². The van der Waals surface area contributed by atoms with E-state index in [2.05, 4.69) is 15.0 Å². The van der Waals surface area contributed by atoms with Gasteiger partial charge in [0.25, 0.3) is 28.1 Å². The van der Waals surface area contributed by atoms with Gasteiger partial charge in [0.05, 0.1) is 43.9 Å². The summed E-state index contributed by atoms with van der Waals surface area (Å²) in [4.78, 5) is 136. The first-order valence-corrected chi connectivity index (χ1v) is 43.4. The van der Waals surface area contributed by atoms with E-state index >= 15 is 9.13 Å². The standard InChI is InChI=1S/C76H82N8O30P2S2/c1-45(85)106-64-57(109-70(67(64)107-46(2)86)80-35-32-59(87)77-73(80)90)41-104-115(97,117-43-47-16-24-52(25-17-47)83(93)94)114-66-58(110-72(82-37-34-61(89)79-75(82)92)69(66)112-63-15-9-11-39-102-63)42-105-116(98,118-44-48-18-26-53(27-19-48)84(95)96)113-65-56(108-71(81-36-33-60(88)78-74(81)91)68(65)111-62-14-8-10-38-101-62)40-103-76(49-12-6-5-7-13-49,50-20-28-54(99-3)29-21-50)51-22-30-55(100-4)31-23-51/h5-7,12-13,16-37,56-58,62-72H,8-11,14-15,38-44H2,1-4H3,(H,77,87,90)(H,78,88,91)(H,79,89,92)/t56-,57-,58-,62?,63?,64-,65-,66-,67-,68-,69-,70-,71-,72-,115+,116+/m1/s1. The van der Waals surface area contributed by atoms with Crippen LogP contribution in [0.2, 0.25) is 0 Å². The Labute approximate surface area is 677 Å². The number of aromatic amines is 3. The number of nitrogens with zero attached hydrogens (tertiary/aromatic N) is 5. The van der Waals surface area contributed by atoms with Crippen LogP contribution in [0.4, 0.5) is 11.4 Å². The van der Waals surface area contributed by atoms with Gasteiger partial charge in [-0.1, -0.05) is 78.9 Å². The highest BCUT2D eigenvalue weighted by atomic mass is 32.7. The number of benzene rings is 5. The average molecular weight is 1710 g/mol. The monoisotopic (exact) mass is 1710 g/mol. The maximum absolute atomic E-state index is 17.2. The van der Waals surface area contributed by atoms with E-state index in [0.717, 1.165) is 58.1 Å². The van der Waals surface area contributed by atoms with Gasteiger partial charge in [0.15, 0.2) is 43.5 Å². The van der Waals surface area contributed by atoms with Crippen LogP contribution in [-0.2, 0) is 101 Å². The molecule has 3 aromatic heterocycles. The summed E-state index contributed by atoms with van der Waals surface area (Å²) in [5.74, 6) is -1.58. The van der Waals surface area contributed by atoms with Crippen LogP contribution in [0.3, 0.4) is 0 Å². The summed E-state index contributed by atoms with van der Waals surface area (Å²) in [5, 5.41) is 24.0. The Bertz CT molecular complexity index is 5270. The van der Waals surface area contributed by atoms with E-state index in [9.17, 15) is 58.6 Å². The van der Waals surface area contributed by atoms with Gasteiger partial charge in [-0.05, 0) is 113 Å². The maximum atomic E-state index is 17.2. The van der Waals surface area contributed by atoms with Crippen molar-refractivity contribution >= 4 is 59.7 Å². The van der Waals surface area contributed by atoms with Gasteiger partial charge in [-0.3, -0.25) is 90.9 Å². The number of nitrogens with one attached hydrogen (secondary N) is 3. The van der Waals surface area contributed by atoms with Crippen LogP contribution in [0.15, 0.2) is 193 Å². The number of methoxy groups -OCH3 is 2. The van der Waals surface area contributed by atoms with Gasteiger partial charge in [-0.25, -0.2) is 23.5 Å². The van der Waals surface area contributed by atoms with Crippen molar-refractivity contribution in [3.05, 3.63) is 275 Å². The minimum Gasteiger partial charge on any atom is -0.497 e. The molecule has 5 aliphatic heterocycles. The molecule has 628 valence electrons. The van der Waals surface area contributed by atoms with Gasteiger partial charge in [0, 0.05) is 99.6 Å². The third-order valence-corrected chi connectivity index (χ3v) is 27.0. The molecule has 0 aliphatic carbocycles. The van der Waals surface area contributed by atoms with E-state index in [1.165, 1.54) is 68.9 Å². The smallest absolute Gasteiger partial charge is 0.389 e. The fourth-order valence-electron chi connectivity index (χ4n) is 14.1. The van der Waals surface area contributed by atoms with Gasteiger partial charge < -0.3 is 56.8 Å². The molecule has 3 N–H and O–H groups in total. The summed E-state index contributed by atoms with van der Waals surface area (Å²) in [6, 6.07) is 36.7. The van der Waals surface area contributed by atoms with Crippen LogP contribution in [-0.4, -0.2) is 165 Å². The highest BCUT2D eigenvalue weighted by Crippen LogP contribution is 2.67. The third kappa shape index (κ3) is 20.5. The number of aromatic nitrogens is 6. The average Bonchev–Trinajstić information content (AvgIpc) is 1.50. The number of esters is 2. The van der Waals surface area contributed by atoms with Gasteiger partial charge >= 0.3 is 42.6 Å². The van der Waals surface area contributed by atoms with E-state index in [4.69, 9.17) is 74.9 Å². The number of hydrogen-bond acceptors (Lipinski definition) is 32. The van der Waals surface area contributed by atoms with Gasteiger partial charge in [-0.2, -0.15) is 0 Å². The van der Waals surface area contributed by atoms with E-state index in [-0.39, 0.29) is 48.9 Å². The zero-order valence-electron chi connectivity index (χ0n) is 63.6. The summed E-state index contributed by atoms with van der Waals surface area (Å²) >= 11 is 1.03. The van der Waals surface area contributed by atoms with Crippen LogP contribution in [0.5, 0.6) is 11.5 Å². The zero-order chi connectivity index (χ0) is 83.4. The first-order valence-electron chi connectivity index (χ1n) is 37.2. The van der Waals surface area contributed by atoms with Gasteiger partial charge in [0.2, 0.25) is 0 Å². The van der Waals surface area contributed by atoms with Crippen molar-refractivity contribution < 1.29 is 104 Å². The molecular formula is C76H82N8O30P2S2. The second-order valence-corrected chi connectivity index (χ2v) is 35.6. The van der Waals surface area contributed by atoms with Crippen LogP contribution in [0.25, 0.3) is 0 Å². The Balaban J connectivity index is 0.941. The number of rotatable bonds is 35. The zero-order valence-corrected chi connectivity index (χ0v) is 67.0. The summed E-state index contributed by atoms with van der Waals surface area (Å²) in [6.45, 7) is -10.4. The molecule has 16 atom stereocenters. The Hall–Kier alpha value is -9.84. The SMILES string of the molecule is COc1ccc(C(OC[C@H]2O[C@@H](n3ccc(=O)[nH]c3=O)[C@H](OC3CCCCO3)[C@@H]2O[P@](=O)(OC[C@H]2O[C@@H](n3ccc(=O)[nH]c3=O)[C@H](OC3CCCCO3)[C@@H]2O[P@](=O)(OC[C@H]2O[C@@H](n3ccc(=O)[nH]c3=O)[C@H](OC(C)=O)[C@@H]2OC(C)=O)SCc2ccc([N+](=O)[O-])cc2)SCc2ccc([N+](=O)[O-])cc2)(c2ccccc2)c2ccc(OC)cc2)cc1. The number of nitro benzene ring substituents is 2. The Kier molecular flexibility index (Phi) is 28.1. The lowest BCUT2D eigenvalue weighted by Crippen LogP contribution is -2.44. The quantitative estimate of drug-likeness (QED) is 0.0110. The molecule has 13 rings (SSSR count). The third-order valence-electron chi connectivity index (χ3n) is 19.7. The van der Waals surface area contributed by atoms with Crippen LogP contribution in [0, 0.1) is 20.2 Å². The largest absolute Gasteiger partial charge is 0.497 e. The Morgan fingerprint density at radius 1 is 0.483 bits per heavy atom. The van der Waals surface area contributed by atoms with Gasteiger partial charge in [0.1, 0.15) is 59.8 Å². The van der Waals surface area contributed by atoms with Gasteiger partial charge in [-0.15, -0.1) is 0 Å². The molecule has 5 aromatic carbocycles. The van der Waals surface area contributed by atoms with Crippen molar-refractivity contribution in [2.24, 2.45) is 0 Å². The predicted molar refractivity (Wildman–Crippen MR) is 418 cm³/mol. The lowest BCUT2D eigenvalue weighted by atomic mass is 9.80. The first-order chi connectivity index (χ1) is 56.8. The molecule has 8 aromatic rings. The minimum absolute atomic E-state index is 0.159. The normalized spacial score (nSPS) is 24.9. The molecule has 5 fully saturated rings. The van der Waals surface area contributed by atoms with Crippen LogP contribution < -0.4 is 43.2 Å². The number of carbonyl (C=O) groups excluding carboxylic acids is 2. The van der Waals surface area contributed by atoms with Crippen LogP contribution in [0.1, 0.15) is 98.9 Å². The lowest BCUT2D eigenvalue weighted by molar-refractivity contribution is -0.385. The van der Waals surface area contributed by atoms with E-state index in [1.54, 1.807) is 48.5 Å². The highest BCUT2D eigenvalue weighted by molar-refractivity contribution is 8.55. The molecule has 5 aliphatic rings. The van der Waals surface area contributed by atoms with E-state index < -0.39 is 181 Å². The molecule has 42 heteroatoms. The van der Waals surface area contributed by atoms with Crippen molar-refractivity contribution in [1.29, 1.82) is 0 Å². The number of hydrogen-bond donors (Lipinski definition) is 3. The number of H-pyrrole nitrogens is 3. The molecule has 8 heterocycles. The van der Waals surface area contributed by atoms with Crippen molar-refractivity contribution in [1.82, 2.24) is 28.7 Å². The molecule has 2 unspecified atom stereocenters. The second-order valence-electron chi connectivity index (χ2n) is 27.5. The fourth-order valence-corrected chi connectivity index (χ4v) is 20.9. The summed E-state index contributed by atoms with van der Waals surface area (Å²) in [6.07, 6.45) is -16.4. The van der Waals surface area contributed by atoms with E-state index in [1.807, 2.05) is 30.3 Å². The number of carbonyl (C=O) groups is 2. The molecule has 38 nitrogen and oxygen atoms in total. The maximum Gasteiger partial charge on any atom is 0.389 e. The molecule has 0 bridgehead atoms. The fraction of sp³-hybridized carbons (Fsp3) is 0.421. The number of non-ortho nitro benzene ring substituents is 2. The first kappa shape index (κ1) is 86.0. The highest BCUT2D eigenvalue weighted by Gasteiger charge is 2.58. The minimum atomic E-state index is -5.20. The van der Waals surface area contributed by atoms with Crippen molar-refractivity contribution in [3.8, 4) is 11.5 Å². The molecule has 0 saturated carbocycles. The lowest BCUT2D eigenvalue weighted by Gasteiger charge is -2.37.